The van der Waals surface area contributed by atoms with Gasteiger partial charge in [0.2, 0.25) is 0 Å². The zero-order valence-electron chi connectivity index (χ0n) is 20.1. The number of methoxy groups -OCH3 is 1. The lowest BCUT2D eigenvalue weighted by Gasteiger charge is -2.14. The molecule has 0 aliphatic heterocycles. The minimum atomic E-state index is -0.489. The summed E-state index contributed by atoms with van der Waals surface area (Å²) in [5.41, 5.74) is 3.82. The van der Waals surface area contributed by atoms with E-state index in [9.17, 15) is 14.0 Å². The molecule has 0 bridgehead atoms. The molecule has 1 atom stereocenters. The molecule has 0 unspecified atom stereocenters. The Morgan fingerprint density at radius 1 is 1.11 bits per heavy atom. The van der Waals surface area contributed by atoms with E-state index in [2.05, 4.69) is 36.1 Å². The summed E-state index contributed by atoms with van der Waals surface area (Å²) < 4.78 is 20.2. The van der Waals surface area contributed by atoms with Crippen molar-refractivity contribution in [2.24, 2.45) is 7.05 Å². The Kier molecular flexibility index (Phi) is 6.54. The van der Waals surface area contributed by atoms with E-state index in [0.717, 1.165) is 29.5 Å². The summed E-state index contributed by atoms with van der Waals surface area (Å²) in [4.78, 5) is 33.6. The van der Waals surface area contributed by atoms with Crippen molar-refractivity contribution in [3.05, 3.63) is 82.7 Å². The number of ether oxygens (including phenoxy) is 1. The fraction of sp³-hybridized carbons (Fsp3) is 0.240. The molecule has 4 aromatic rings. The van der Waals surface area contributed by atoms with Crippen molar-refractivity contribution in [2.75, 3.05) is 7.11 Å². The Morgan fingerprint density at radius 3 is 2.68 bits per heavy atom. The number of benzene rings is 2. The van der Waals surface area contributed by atoms with Gasteiger partial charge in [0.05, 0.1) is 13.2 Å². The predicted molar refractivity (Wildman–Crippen MR) is 129 cm³/mol. The van der Waals surface area contributed by atoms with Gasteiger partial charge in [-0.1, -0.05) is 18.2 Å². The molecule has 2 N–H and O–H groups in total. The van der Waals surface area contributed by atoms with Gasteiger partial charge in [-0.05, 0) is 58.2 Å². The summed E-state index contributed by atoms with van der Waals surface area (Å²) in [6, 6.07) is 11.4. The van der Waals surface area contributed by atoms with Crippen molar-refractivity contribution in [1.82, 2.24) is 40.8 Å². The summed E-state index contributed by atoms with van der Waals surface area (Å²) in [6.45, 7) is 0.131. The van der Waals surface area contributed by atoms with E-state index < -0.39 is 17.6 Å². The molecule has 0 saturated carbocycles. The van der Waals surface area contributed by atoms with Crippen molar-refractivity contribution in [3.8, 4) is 17.1 Å². The fourth-order valence-corrected chi connectivity index (χ4v) is 4.31. The number of aryl methyl sites for hydroxylation is 2. The highest BCUT2D eigenvalue weighted by Crippen LogP contribution is 2.33. The van der Waals surface area contributed by atoms with Gasteiger partial charge in [-0.3, -0.25) is 9.59 Å². The molecule has 2 aromatic heterocycles. The van der Waals surface area contributed by atoms with Crippen LogP contribution in [0.2, 0.25) is 0 Å². The normalized spacial score (nSPS) is 14.2. The molecule has 0 fully saturated rings. The van der Waals surface area contributed by atoms with Gasteiger partial charge in [0, 0.05) is 25.2 Å². The van der Waals surface area contributed by atoms with Gasteiger partial charge in [-0.15, -0.1) is 5.10 Å². The number of hydrogen-bond donors (Lipinski definition) is 2. The zero-order valence-corrected chi connectivity index (χ0v) is 20.1. The topological polar surface area (TPSA) is 137 Å². The lowest BCUT2D eigenvalue weighted by atomic mass is 10.0. The number of tetrazole rings is 1. The van der Waals surface area contributed by atoms with Crippen molar-refractivity contribution in [3.63, 3.8) is 0 Å². The Labute approximate surface area is 211 Å². The van der Waals surface area contributed by atoms with Crippen molar-refractivity contribution in [2.45, 2.75) is 25.4 Å². The average Bonchev–Trinajstić information content (AvgIpc) is 3.53. The van der Waals surface area contributed by atoms with Crippen LogP contribution in [0.4, 0.5) is 4.39 Å². The third kappa shape index (κ3) is 4.99. The molecular weight excluding hydrogens is 479 g/mol. The van der Waals surface area contributed by atoms with E-state index in [-0.39, 0.29) is 29.7 Å². The zero-order chi connectivity index (χ0) is 25.9. The molecule has 1 aliphatic carbocycles. The number of carbonyl (C=O) groups excluding carboxylic acids is 2. The maximum absolute atomic E-state index is 13.6. The van der Waals surface area contributed by atoms with E-state index in [1.165, 1.54) is 31.6 Å². The molecular formula is C25H23FN8O3. The smallest absolute Gasteiger partial charge is 0.270 e. The summed E-state index contributed by atoms with van der Waals surface area (Å²) >= 11 is 0. The first-order valence-corrected chi connectivity index (χ1v) is 11.5. The van der Waals surface area contributed by atoms with Gasteiger partial charge < -0.3 is 15.4 Å². The highest BCUT2D eigenvalue weighted by atomic mass is 19.1. The number of carbonyl (C=O) groups is 2. The van der Waals surface area contributed by atoms with Crippen molar-refractivity contribution < 1.29 is 18.7 Å². The predicted octanol–water partition coefficient (Wildman–Crippen LogP) is 2.16. The second-order valence-corrected chi connectivity index (χ2v) is 8.54. The van der Waals surface area contributed by atoms with Gasteiger partial charge in [0.1, 0.15) is 17.7 Å². The first-order chi connectivity index (χ1) is 17.9. The molecule has 2 heterocycles. The van der Waals surface area contributed by atoms with Crippen LogP contribution in [0, 0.1) is 5.82 Å². The SMILES string of the molecule is COc1cc(CNC(=O)c2cc(C(=O)N[C@H]3CCc4cc(-c5nnnn5C)ccc43)ncn2)ccc1F. The van der Waals surface area contributed by atoms with Crippen molar-refractivity contribution >= 4 is 11.8 Å². The molecule has 0 spiro atoms. The highest BCUT2D eigenvalue weighted by Gasteiger charge is 2.26. The highest BCUT2D eigenvalue weighted by molar-refractivity contribution is 5.97. The monoisotopic (exact) mass is 502 g/mol. The van der Waals surface area contributed by atoms with Crippen molar-refractivity contribution in [1.29, 1.82) is 0 Å². The molecule has 37 heavy (non-hydrogen) atoms. The number of hydrogen-bond acceptors (Lipinski definition) is 8. The van der Waals surface area contributed by atoms with Crippen LogP contribution in [-0.2, 0) is 20.0 Å². The summed E-state index contributed by atoms with van der Waals surface area (Å²) in [7, 11) is 3.15. The summed E-state index contributed by atoms with van der Waals surface area (Å²) in [6.07, 6.45) is 2.71. The molecule has 12 heteroatoms. The molecule has 2 amide bonds. The van der Waals surface area contributed by atoms with Crippen LogP contribution in [0.3, 0.4) is 0 Å². The standard InChI is InChI=1S/C25H23FN8O3/c1-34-23(31-32-33-34)16-4-6-17-15(10-16)5-8-19(17)30-25(36)21-11-20(28-13-29-21)24(35)27-12-14-3-7-18(26)22(9-14)37-2/h3-4,6-7,9-11,13,19H,5,8,12H2,1-2H3,(H,27,35)(H,30,36)/t19-/m0/s1. The number of aromatic nitrogens is 6. The molecule has 5 rings (SSSR count). The molecule has 11 nitrogen and oxygen atoms in total. The van der Waals surface area contributed by atoms with E-state index in [1.807, 2.05) is 18.2 Å². The number of fused-ring (bicyclic) bond motifs is 1. The third-order valence-corrected chi connectivity index (χ3v) is 6.21. The minimum Gasteiger partial charge on any atom is -0.494 e. The van der Waals surface area contributed by atoms with Crippen LogP contribution in [0.1, 0.15) is 50.1 Å². The Morgan fingerprint density at radius 2 is 1.92 bits per heavy atom. The Hall–Kier alpha value is -4.74. The molecule has 1 aliphatic rings. The second kappa shape index (κ2) is 10.1. The van der Waals surface area contributed by atoms with Crippen LogP contribution in [0.25, 0.3) is 11.4 Å². The van der Waals surface area contributed by atoms with E-state index >= 15 is 0 Å². The van der Waals surface area contributed by atoms with Crippen LogP contribution >= 0.6 is 0 Å². The number of nitrogens with one attached hydrogen (secondary N) is 2. The van der Waals surface area contributed by atoms with Crippen LogP contribution in [0.15, 0.2) is 48.8 Å². The van der Waals surface area contributed by atoms with E-state index in [4.69, 9.17) is 4.74 Å². The fourth-order valence-electron chi connectivity index (χ4n) is 4.31. The van der Waals surface area contributed by atoms with Gasteiger partial charge in [-0.2, -0.15) is 0 Å². The van der Waals surface area contributed by atoms with Crippen LogP contribution in [-0.4, -0.2) is 49.1 Å². The molecule has 0 saturated heterocycles. The maximum Gasteiger partial charge on any atom is 0.270 e. The molecule has 188 valence electrons. The maximum atomic E-state index is 13.6. The summed E-state index contributed by atoms with van der Waals surface area (Å²) in [5, 5.41) is 17.3. The Balaban J connectivity index is 1.24. The van der Waals surface area contributed by atoms with E-state index in [1.54, 1.807) is 17.8 Å². The largest absolute Gasteiger partial charge is 0.494 e. The first kappa shape index (κ1) is 24.0. The van der Waals surface area contributed by atoms with Gasteiger partial charge >= 0.3 is 0 Å². The number of nitrogens with zero attached hydrogens (tertiary/aromatic N) is 6. The average molecular weight is 503 g/mol. The number of rotatable bonds is 7. The minimum absolute atomic E-state index is 0.0444. The Bertz CT molecular complexity index is 1490. The van der Waals surface area contributed by atoms with E-state index in [0.29, 0.717) is 11.4 Å². The van der Waals surface area contributed by atoms with Gasteiger partial charge in [0.15, 0.2) is 17.4 Å². The first-order valence-electron chi connectivity index (χ1n) is 11.5. The third-order valence-electron chi connectivity index (χ3n) is 6.21. The van der Waals surface area contributed by atoms with Gasteiger partial charge in [0.25, 0.3) is 11.8 Å². The number of halogens is 1. The number of amides is 2. The molecule has 2 aromatic carbocycles. The second-order valence-electron chi connectivity index (χ2n) is 8.54. The molecule has 0 radical (unpaired) electrons. The van der Waals surface area contributed by atoms with Crippen LogP contribution < -0.4 is 15.4 Å². The quantitative estimate of drug-likeness (QED) is 0.392. The lowest BCUT2D eigenvalue weighted by molar-refractivity contribution is 0.0931. The van der Waals surface area contributed by atoms with Gasteiger partial charge in [-0.25, -0.2) is 19.0 Å². The van der Waals surface area contributed by atoms with Crippen LogP contribution in [0.5, 0.6) is 5.75 Å². The summed E-state index contributed by atoms with van der Waals surface area (Å²) in [5.74, 6) is -0.628. The lowest BCUT2D eigenvalue weighted by Crippen LogP contribution is -2.29.